The van der Waals surface area contributed by atoms with Crippen LogP contribution in [0.2, 0.25) is 5.02 Å². The van der Waals surface area contributed by atoms with Crippen LogP contribution in [0.15, 0.2) is 59.5 Å². The first-order valence-electron chi connectivity index (χ1n) is 11.9. The molecule has 9 heteroatoms. The molecule has 0 aliphatic heterocycles. The molecule has 2 aromatic carbocycles. The molecule has 3 aromatic rings. The summed E-state index contributed by atoms with van der Waals surface area (Å²) in [5, 5.41) is 1.65. The smallest absolute Gasteiger partial charge is 0.253 e. The third kappa shape index (κ3) is 5.76. The number of amides is 1. The van der Waals surface area contributed by atoms with Crippen LogP contribution in [0.25, 0.3) is 0 Å². The first-order chi connectivity index (χ1) is 17.2. The van der Waals surface area contributed by atoms with Gasteiger partial charge >= 0.3 is 0 Å². The number of aromatic nitrogens is 1. The van der Waals surface area contributed by atoms with Gasteiger partial charge in [0, 0.05) is 17.1 Å². The second kappa shape index (κ2) is 11.0. The van der Waals surface area contributed by atoms with E-state index in [0.29, 0.717) is 28.7 Å². The van der Waals surface area contributed by atoms with Gasteiger partial charge in [-0.3, -0.25) is 9.78 Å². The topological polar surface area (TPSA) is 76.1 Å². The van der Waals surface area contributed by atoms with Crippen LogP contribution in [-0.4, -0.2) is 25.9 Å². The Balaban J connectivity index is 1.70. The quantitative estimate of drug-likeness (QED) is 0.393. The lowest BCUT2D eigenvalue weighted by atomic mass is 9.89. The van der Waals surface area contributed by atoms with E-state index in [9.17, 15) is 22.0 Å². The first kappa shape index (κ1) is 26.2. The molecule has 0 radical (unpaired) electrons. The minimum absolute atomic E-state index is 0.0178. The predicted molar refractivity (Wildman–Crippen MR) is 135 cm³/mol. The van der Waals surface area contributed by atoms with Gasteiger partial charge in [0.15, 0.2) is 9.84 Å². The molecule has 0 spiro atoms. The molecule has 1 atom stereocenters. The van der Waals surface area contributed by atoms with Crippen molar-refractivity contribution in [2.75, 3.05) is 6.54 Å². The molecular weight excluding hydrogens is 506 g/mol. The van der Waals surface area contributed by atoms with E-state index < -0.39 is 26.7 Å². The molecule has 1 heterocycles. The lowest BCUT2D eigenvalue weighted by Gasteiger charge is -2.22. The van der Waals surface area contributed by atoms with Crippen molar-refractivity contribution in [3.8, 4) is 0 Å². The molecule has 1 unspecified atom stereocenters. The number of benzene rings is 2. The molecule has 5 nitrogen and oxygen atoms in total. The maximum atomic E-state index is 14.9. The summed E-state index contributed by atoms with van der Waals surface area (Å²) >= 11 is 5.91. The summed E-state index contributed by atoms with van der Waals surface area (Å²) < 4.78 is 56.3. The standard InChI is InChI=1S/C27H27ClF2N2O3S/c1-17-22(27(33)31-16-18-5-3-2-4-6-18)12-14-25(32-17)26(23-15-20(29)9-13-24(23)30)36(34,35)21-10-7-19(28)8-11-21/h7-15,18,26H,2-6,16H2,1H3,(H,31,33). The molecule has 36 heavy (non-hydrogen) atoms. The van der Waals surface area contributed by atoms with Crippen molar-refractivity contribution in [2.24, 2.45) is 5.92 Å². The Morgan fingerprint density at radius 2 is 1.75 bits per heavy atom. The number of rotatable bonds is 7. The third-order valence-electron chi connectivity index (χ3n) is 6.59. The summed E-state index contributed by atoms with van der Waals surface area (Å²) in [6.07, 6.45) is 5.71. The summed E-state index contributed by atoms with van der Waals surface area (Å²) in [5.41, 5.74) is 0.209. The van der Waals surface area contributed by atoms with Crippen molar-refractivity contribution < 1.29 is 22.0 Å². The highest BCUT2D eigenvalue weighted by molar-refractivity contribution is 7.91. The van der Waals surface area contributed by atoms with Crippen molar-refractivity contribution in [3.05, 3.63) is 93.8 Å². The number of nitrogens with zero attached hydrogens (tertiary/aromatic N) is 1. The zero-order valence-corrected chi connectivity index (χ0v) is 21.4. The van der Waals surface area contributed by atoms with Crippen LogP contribution in [0.1, 0.15) is 64.7 Å². The zero-order valence-electron chi connectivity index (χ0n) is 19.8. The van der Waals surface area contributed by atoms with Crippen LogP contribution in [-0.2, 0) is 9.84 Å². The van der Waals surface area contributed by atoms with Crippen molar-refractivity contribution in [1.82, 2.24) is 10.3 Å². The predicted octanol–water partition coefficient (Wildman–Crippen LogP) is 6.20. The summed E-state index contributed by atoms with van der Waals surface area (Å²) in [4.78, 5) is 17.1. The van der Waals surface area contributed by atoms with E-state index in [1.165, 1.54) is 42.8 Å². The largest absolute Gasteiger partial charge is 0.352 e. The van der Waals surface area contributed by atoms with Crippen LogP contribution in [0.5, 0.6) is 0 Å². The average Bonchev–Trinajstić information content (AvgIpc) is 2.86. The summed E-state index contributed by atoms with van der Waals surface area (Å²) in [7, 11) is -4.27. The molecule has 1 aromatic heterocycles. The zero-order chi connectivity index (χ0) is 25.9. The molecule has 190 valence electrons. The van der Waals surface area contributed by atoms with E-state index >= 15 is 0 Å². The average molecular weight is 533 g/mol. The van der Waals surface area contributed by atoms with E-state index in [4.69, 9.17) is 11.6 Å². The van der Waals surface area contributed by atoms with E-state index in [1.807, 2.05) is 0 Å². The van der Waals surface area contributed by atoms with E-state index in [2.05, 4.69) is 10.3 Å². The maximum absolute atomic E-state index is 14.9. The number of pyridine rings is 1. The van der Waals surface area contributed by atoms with Crippen LogP contribution in [0.4, 0.5) is 8.78 Å². The monoisotopic (exact) mass is 532 g/mol. The molecule has 1 aliphatic carbocycles. The number of halogens is 3. The Morgan fingerprint density at radius 1 is 1.06 bits per heavy atom. The number of carbonyl (C=O) groups excluding carboxylic acids is 1. The van der Waals surface area contributed by atoms with Crippen LogP contribution in [0, 0.1) is 24.5 Å². The van der Waals surface area contributed by atoms with Gasteiger partial charge in [-0.05, 0) is 80.3 Å². The Hall–Kier alpha value is -2.84. The second-order valence-corrected chi connectivity index (χ2v) is 11.6. The van der Waals surface area contributed by atoms with E-state index in [-0.39, 0.29) is 22.1 Å². The number of hydrogen-bond donors (Lipinski definition) is 1. The summed E-state index contributed by atoms with van der Waals surface area (Å²) in [6, 6.07) is 11.0. The van der Waals surface area contributed by atoms with Gasteiger partial charge in [0.2, 0.25) is 0 Å². The lowest BCUT2D eigenvalue weighted by molar-refractivity contribution is 0.0942. The molecule has 1 saturated carbocycles. The molecule has 1 aliphatic rings. The van der Waals surface area contributed by atoms with Crippen molar-refractivity contribution >= 4 is 27.3 Å². The molecule has 1 amide bonds. The highest BCUT2D eigenvalue weighted by Gasteiger charge is 2.35. The number of hydrogen-bond acceptors (Lipinski definition) is 4. The van der Waals surface area contributed by atoms with Gasteiger partial charge in [0.25, 0.3) is 5.91 Å². The Labute approximate surface area is 214 Å². The first-order valence-corrected chi connectivity index (χ1v) is 13.8. The summed E-state index contributed by atoms with van der Waals surface area (Å²) in [5.74, 6) is -1.52. The van der Waals surface area contributed by atoms with Crippen LogP contribution in [0.3, 0.4) is 0 Å². The minimum atomic E-state index is -4.27. The van der Waals surface area contributed by atoms with Gasteiger partial charge in [-0.2, -0.15) is 0 Å². The molecule has 4 rings (SSSR count). The Bertz CT molecular complexity index is 1360. The fourth-order valence-corrected chi connectivity index (χ4v) is 6.53. The molecule has 1 fully saturated rings. The van der Waals surface area contributed by atoms with Crippen LogP contribution >= 0.6 is 11.6 Å². The number of aryl methyl sites for hydroxylation is 1. The Kier molecular flexibility index (Phi) is 8.05. The van der Waals surface area contributed by atoms with Gasteiger partial charge in [-0.15, -0.1) is 0 Å². The maximum Gasteiger partial charge on any atom is 0.253 e. The summed E-state index contributed by atoms with van der Waals surface area (Å²) in [6.45, 7) is 2.16. The number of carbonyl (C=O) groups is 1. The number of sulfone groups is 1. The van der Waals surface area contributed by atoms with E-state index in [0.717, 1.165) is 43.9 Å². The van der Waals surface area contributed by atoms with Gasteiger partial charge in [-0.25, -0.2) is 17.2 Å². The highest BCUT2D eigenvalue weighted by Crippen LogP contribution is 2.36. The minimum Gasteiger partial charge on any atom is -0.352 e. The molecule has 0 bridgehead atoms. The molecule has 0 saturated heterocycles. The molecule has 1 N–H and O–H groups in total. The van der Waals surface area contributed by atoms with Gasteiger partial charge in [-0.1, -0.05) is 30.9 Å². The second-order valence-electron chi connectivity index (χ2n) is 9.13. The fourth-order valence-electron chi connectivity index (χ4n) is 4.65. The van der Waals surface area contributed by atoms with Crippen molar-refractivity contribution in [3.63, 3.8) is 0 Å². The third-order valence-corrected chi connectivity index (χ3v) is 8.89. The van der Waals surface area contributed by atoms with E-state index in [1.54, 1.807) is 6.92 Å². The fraction of sp³-hybridized carbons (Fsp3) is 0.333. The normalized spacial score (nSPS) is 15.4. The lowest BCUT2D eigenvalue weighted by Crippen LogP contribution is -2.31. The van der Waals surface area contributed by atoms with Gasteiger partial charge in [0.05, 0.1) is 21.8 Å². The number of nitrogens with one attached hydrogen (secondary N) is 1. The van der Waals surface area contributed by atoms with Crippen molar-refractivity contribution in [1.29, 1.82) is 0 Å². The SMILES string of the molecule is Cc1nc(C(c2cc(F)ccc2F)S(=O)(=O)c2ccc(Cl)cc2)ccc1C(=O)NCC1CCCCC1. The van der Waals surface area contributed by atoms with Gasteiger partial charge in [0.1, 0.15) is 16.9 Å². The Morgan fingerprint density at radius 3 is 2.42 bits per heavy atom. The van der Waals surface area contributed by atoms with Crippen LogP contribution < -0.4 is 5.32 Å². The highest BCUT2D eigenvalue weighted by atomic mass is 35.5. The van der Waals surface area contributed by atoms with Gasteiger partial charge < -0.3 is 5.32 Å². The van der Waals surface area contributed by atoms with Crippen molar-refractivity contribution in [2.45, 2.75) is 49.2 Å². The molecular formula is C27H27ClF2N2O3S.